The second-order valence-corrected chi connectivity index (χ2v) is 4.33. The van der Waals surface area contributed by atoms with Crippen molar-refractivity contribution >= 4 is 11.6 Å². The predicted octanol–water partition coefficient (Wildman–Crippen LogP) is 2.17. The van der Waals surface area contributed by atoms with Crippen LogP contribution in [0.5, 0.6) is 0 Å². The predicted molar refractivity (Wildman–Crippen MR) is 66.9 cm³/mol. The third-order valence-electron chi connectivity index (χ3n) is 2.84. The molecule has 0 atom stereocenters. The summed E-state index contributed by atoms with van der Waals surface area (Å²) in [5.74, 6) is 0.672. The maximum atomic E-state index is 4.54. The number of anilines is 2. The number of nitrogens with zero attached hydrogens (tertiary/aromatic N) is 3. The van der Waals surface area contributed by atoms with Crippen LogP contribution in [0, 0.1) is 0 Å². The van der Waals surface area contributed by atoms with Crippen molar-refractivity contribution < 1.29 is 0 Å². The van der Waals surface area contributed by atoms with Crippen molar-refractivity contribution in [3.8, 4) is 0 Å². The maximum Gasteiger partial charge on any atom is 0.227 e. The average Bonchev–Trinajstić information content (AvgIpc) is 2.70. The van der Waals surface area contributed by atoms with Gasteiger partial charge in [0.25, 0.3) is 0 Å². The van der Waals surface area contributed by atoms with E-state index in [1.807, 2.05) is 36.5 Å². The van der Waals surface area contributed by atoms with Crippen LogP contribution in [0.25, 0.3) is 0 Å². The molecule has 3 rings (SSSR count). The highest BCUT2D eigenvalue weighted by Crippen LogP contribution is 2.20. The number of nitrogens with one attached hydrogen (secondary N) is 1. The van der Waals surface area contributed by atoms with Crippen molar-refractivity contribution in [3.63, 3.8) is 0 Å². The zero-order chi connectivity index (χ0) is 11.7. The Morgan fingerprint density at radius 2 is 2.00 bits per heavy atom. The van der Waals surface area contributed by atoms with Gasteiger partial charge in [0, 0.05) is 30.5 Å². The Labute approximate surface area is 100 Å². The molecule has 0 unspecified atom stereocenters. The molecule has 0 saturated carbocycles. The standard InChI is InChI=1S/C13H14N4/c1-17-8-10-7-14-13(16-12(10)9-17)15-11-5-3-2-4-6-11/h2-7H,8-9H2,1H3,(H,14,15,16). The molecule has 1 aliphatic rings. The molecule has 1 N–H and O–H groups in total. The van der Waals surface area contributed by atoms with E-state index in [1.54, 1.807) is 0 Å². The fraction of sp³-hybridized carbons (Fsp3) is 0.231. The molecule has 1 aromatic carbocycles. The van der Waals surface area contributed by atoms with Gasteiger partial charge in [-0.25, -0.2) is 9.97 Å². The SMILES string of the molecule is CN1Cc2cnc(Nc3ccccc3)nc2C1. The van der Waals surface area contributed by atoms with Gasteiger partial charge < -0.3 is 5.32 Å². The van der Waals surface area contributed by atoms with Gasteiger partial charge in [-0.05, 0) is 19.2 Å². The number of para-hydroxylation sites is 1. The van der Waals surface area contributed by atoms with Crippen LogP contribution in [0.15, 0.2) is 36.5 Å². The summed E-state index contributed by atoms with van der Waals surface area (Å²) in [5.41, 5.74) is 3.37. The molecule has 0 fully saturated rings. The lowest BCUT2D eigenvalue weighted by Crippen LogP contribution is -2.07. The van der Waals surface area contributed by atoms with Gasteiger partial charge in [-0.15, -0.1) is 0 Å². The zero-order valence-electron chi connectivity index (χ0n) is 9.72. The molecule has 4 heteroatoms. The normalized spacial score (nSPS) is 14.6. The van der Waals surface area contributed by atoms with Crippen LogP contribution in [0.4, 0.5) is 11.6 Å². The van der Waals surface area contributed by atoms with Crippen LogP contribution < -0.4 is 5.32 Å². The summed E-state index contributed by atoms with van der Waals surface area (Å²) in [7, 11) is 2.09. The summed E-state index contributed by atoms with van der Waals surface area (Å²) in [4.78, 5) is 11.1. The van der Waals surface area contributed by atoms with E-state index in [4.69, 9.17) is 0 Å². The van der Waals surface area contributed by atoms with Crippen LogP contribution in [-0.4, -0.2) is 21.9 Å². The highest BCUT2D eigenvalue weighted by Gasteiger charge is 2.17. The second-order valence-electron chi connectivity index (χ2n) is 4.33. The Morgan fingerprint density at radius 1 is 1.18 bits per heavy atom. The first-order valence-corrected chi connectivity index (χ1v) is 5.67. The maximum absolute atomic E-state index is 4.54. The molecule has 0 spiro atoms. The fourth-order valence-electron chi connectivity index (χ4n) is 2.02. The Bertz CT molecular complexity index is 524. The third-order valence-corrected chi connectivity index (χ3v) is 2.84. The molecule has 2 heterocycles. The Hall–Kier alpha value is -1.94. The summed E-state index contributed by atoms with van der Waals surface area (Å²) >= 11 is 0. The number of rotatable bonds is 2. The minimum atomic E-state index is 0.672. The average molecular weight is 226 g/mol. The lowest BCUT2D eigenvalue weighted by Gasteiger charge is -2.05. The largest absolute Gasteiger partial charge is 0.324 e. The molecule has 0 bridgehead atoms. The molecule has 0 saturated heterocycles. The molecule has 0 amide bonds. The summed E-state index contributed by atoms with van der Waals surface area (Å²) in [6, 6.07) is 9.97. The molecule has 2 aromatic rings. The number of benzene rings is 1. The number of fused-ring (bicyclic) bond motifs is 1. The molecule has 1 aliphatic heterocycles. The number of hydrogen-bond donors (Lipinski definition) is 1. The first-order chi connectivity index (χ1) is 8.31. The minimum absolute atomic E-state index is 0.672. The quantitative estimate of drug-likeness (QED) is 0.852. The van der Waals surface area contributed by atoms with Gasteiger partial charge in [0.05, 0.1) is 5.69 Å². The molecule has 86 valence electrons. The van der Waals surface area contributed by atoms with Gasteiger partial charge in [-0.3, -0.25) is 4.90 Å². The Balaban J connectivity index is 1.84. The van der Waals surface area contributed by atoms with Gasteiger partial charge in [-0.1, -0.05) is 18.2 Å². The van der Waals surface area contributed by atoms with E-state index < -0.39 is 0 Å². The van der Waals surface area contributed by atoms with E-state index >= 15 is 0 Å². The summed E-state index contributed by atoms with van der Waals surface area (Å²) in [6.45, 7) is 1.85. The Kier molecular flexibility index (Phi) is 2.49. The van der Waals surface area contributed by atoms with E-state index in [9.17, 15) is 0 Å². The van der Waals surface area contributed by atoms with Gasteiger partial charge in [0.1, 0.15) is 0 Å². The summed E-state index contributed by atoms with van der Waals surface area (Å²) in [6.07, 6.45) is 1.91. The lowest BCUT2D eigenvalue weighted by atomic mass is 10.3. The lowest BCUT2D eigenvalue weighted by molar-refractivity contribution is 0.351. The summed E-state index contributed by atoms with van der Waals surface area (Å²) in [5, 5.41) is 3.21. The van der Waals surface area contributed by atoms with E-state index in [2.05, 4.69) is 27.2 Å². The van der Waals surface area contributed by atoms with Crippen molar-refractivity contribution in [2.45, 2.75) is 13.1 Å². The van der Waals surface area contributed by atoms with Gasteiger partial charge in [0.15, 0.2) is 0 Å². The smallest absolute Gasteiger partial charge is 0.227 e. The Morgan fingerprint density at radius 3 is 2.82 bits per heavy atom. The fourth-order valence-corrected chi connectivity index (χ4v) is 2.02. The summed E-state index contributed by atoms with van der Waals surface area (Å²) < 4.78 is 0. The minimum Gasteiger partial charge on any atom is -0.324 e. The van der Waals surface area contributed by atoms with Crippen molar-refractivity contribution in [2.75, 3.05) is 12.4 Å². The van der Waals surface area contributed by atoms with Crippen molar-refractivity contribution in [3.05, 3.63) is 47.8 Å². The van der Waals surface area contributed by atoms with Gasteiger partial charge >= 0.3 is 0 Å². The molecule has 17 heavy (non-hydrogen) atoms. The van der Waals surface area contributed by atoms with Crippen molar-refractivity contribution in [1.29, 1.82) is 0 Å². The molecule has 0 radical (unpaired) electrons. The number of aromatic nitrogens is 2. The third kappa shape index (κ3) is 2.12. The molecule has 4 nitrogen and oxygen atoms in total. The van der Waals surface area contributed by atoms with Crippen LogP contribution in [0.2, 0.25) is 0 Å². The highest BCUT2D eigenvalue weighted by molar-refractivity contribution is 5.52. The van der Waals surface area contributed by atoms with Crippen molar-refractivity contribution in [1.82, 2.24) is 14.9 Å². The number of hydrogen-bond acceptors (Lipinski definition) is 4. The zero-order valence-corrected chi connectivity index (χ0v) is 9.72. The molecular formula is C13H14N4. The monoisotopic (exact) mass is 226 g/mol. The molecule has 1 aromatic heterocycles. The first kappa shape index (κ1) is 10.2. The van der Waals surface area contributed by atoms with Crippen LogP contribution in [0.3, 0.4) is 0 Å². The van der Waals surface area contributed by atoms with E-state index in [0.29, 0.717) is 5.95 Å². The van der Waals surface area contributed by atoms with Crippen LogP contribution in [-0.2, 0) is 13.1 Å². The second kappa shape index (κ2) is 4.14. The first-order valence-electron chi connectivity index (χ1n) is 5.67. The molecular weight excluding hydrogens is 212 g/mol. The van der Waals surface area contributed by atoms with E-state index in [-0.39, 0.29) is 0 Å². The van der Waals surface area contributed by atoms with Gasteiger partial charge in [-0.2, -0.15) is 0 Å². The molecule has 0 aliphatic carbocycles. The van der Waals surface area contributed by atoms with Crippen molar-refractivity contribution in [2.24, 2.45) is 0 Å². The van der Waals surface area contributed by atoms with E-state index in [1.165, 1.54) is 5.56 Å². The van der Waals surface area contributed by atoms with Crippen LogP contribution >= 0.6 is 0 Å². The van der Waals surface area contributed by atoms with Crippen LogP contribution in [0.1, 0.15) is 11.3 Å². The highest BCUT2D eigenvalue weighted by atomic mass is 15.2. The topological polar surface area (TPSA) is 41.1 Å². The van der Waals surface area contributed by atoms with Gasteiger partial charge in [0.2, 0.25) is 5.95 Å². The van der Waals surface area contributed by atoms with E-state index in [0.717, 1.165) is 24.5 Å².